The number of halogens is 1. The fraction of sp³-hybridized carbons (Fsp3) is 0.208. The van der Waals surface area contributed by atoms with E-state index >= 15 is 0 Å². The summed E-state index contributed by atoms with van der Waals surface area (Å²) in [6, 6.07) is 10.6. The summed E-state index contributed by atoms with van der Waals surface area (Å²) >= 11 is 7.62. The van der Waals surface area contributed by atoms with Crippen LogP contribution >= 0.6 is 22.9 Å². The number of aryl methyl sites for hydroxylation is 1. The maximum Gasteiger partial charge on any atom is 0.259 e. The molecule has 34 heavy (non-hydrogen) atoms. The van der Waals surface area contributed by atoms with Crippen molar-refractivity contribution >= 4 is 50.8 Å². The molecule has 0 saturated carbocycles. The standard InChI is InChI=1S/C24H20ClN5O3S/c1-3-8-30(12-20-26-17-10-14(25)6-7-15(17)22(31)28-20)24(32)16-11-18(19-5-4-9-34-19)27-23-21(16)13(2)29-33-23/h4-7,9-11H,3,8,12H2,1-2H3,(H,26,28,31). The molecule has 0 radical (unpaired) electrons. The second-order valence-corrected chi connectivity index (χ2v) is 9.27. The third kappa shape index (κ3) is 4.08. The third-order valence-corrected chi connectivity index (χ3v) is 6.59. The first kappa shape index (κ1) is 22.2. The summed E-state index contributed by atoms with van der Waals surface area (Å²) in [6.07, 6.45) is 0.726. The Morgan fingerprint density at radius 2 is 2.09 bits per heavy atom. The van der Waals surface area contributed by atoms with Crippen molar-refractivity contribution < 1.29 is 9.32 Å². The third-order valence-electron chi connectivity index (χ3n) is 5.46. The van der Waals surface area contributed by atoms with E-state index in [9.17, 15) is 9.59 Å². The van der Waals surface area contributed by atoms with Gasteiger partial charge in [-0.15, -0.1) is 11.3 Å². The Morgan fingerprint density at radius 1 is 1.24 bits per heavy atom. The van der Waals surface area contributed by atoms with Crippen LogP contribution in [0.1, 0.15) is 35.2 Å². The molecule has 0 aliphatic heterocycles. The highest BCUT2D eigenvalue weighted by Gasteiger charge is 2.24. The number of aromatic amines is 1. The highest BCUT2D eigenvalue weighted by atomic mass is 35.5. The molecular weight excluding hydrogens is 474 g/mol. The van der Waals surface area contributed by atoms with Gasteiger partial charge in [0.1, 0.15) is 5.82 Å². The Kier molecular flexibility index (Phi) is 5.89. The van der Waals surface area contributed by atoms with Crippen molar-refractivity contribution in [3.05, 3.63) is 74.2 Å². The number of thiophene rings is 1. The van der Waals surface area contributed by atoms with Crippen molar-refractivity contribution in [1.29, 1.82) is 0 Å². The monoisotopic (exact) mass is 493 g/mol. The van der Waals surface area contributed by atoms with Crippen molar-refractivity contribution in [2.75, 3.05) is 6.54 Å². The fourth-order valence-corrected chi connectivity index (χ4v) is 4.78. The van der Waals surface area contributed by atoms with Crippen LogP contribution in [0.3, 0.4) is 0 Å². The molecule has 172 valence electrons. The van der Waals surface area contributed by atoms with Gasteiger partial charge in [0.25, 0.3) is 17.2 Å². The van der Waals surface area contributed by atoms with Crippen molar-refractivity contribution in [3.8, 4) is 10.6 Å². The number of benzene rings is 1. The summed E-state index contributed by atoms with van der Waals surface area (Å²) in [4.78, 5) is 40.9. The van der Waals surface area contributed by atoms with Gasteiger partial charge in [0, 0.05) is 11.6 Å². The molecule has 1 N–H and O–H groups in total. The minimum absolute atomic E-state index is 0.132. The van der Waals surface area contributed by atoms with Gasteiger partial charge in [-0.1, -0.05) is 29.7 Å². The maximum absolute atomic E-state index is 13.8. The quantitative estimate of drug-likeness (QED) is 0.348. The molecule has 0 atom stereocenters. The molecule has 1 aromatic carbocycles. The number of carbonyl (C=O) groups is 1. The number of hydrogen-bond acceptors (Lipinski definition) is 7. The lowest BCUT2D eigenvalue weighted by molar-refractivity contribution is 0.0740. The molecule has 10 heteroatoms. The number of amides is 1. The van der Waals surface area contributed by atoms with E-state index in [1.165, 1.54) is 11.3 Å². The van der Waals surface area contributed by atoms with Gasteiger partial charge in [0.15, 0.2) is 0 Å². The van der Waals surface area contributed by atoms with E-state index in [1.54, 1.807) is 36.1 Å². The van der Waals surface area contributed by atoms with Crippen LogP contribution in [0.25, 0.3) is 32.6 Å². The van der Waals surface area contributed by atoms with Gasteiger partial charge in [-0.05, 0) is 49.1 Å². The number of nitrogens with zero attached hydrogens (tertiary/aromatic N) is 4. The molecule has 1 amide bonds. The lowest BCUT2D eigenvalue weighted by Gasteiger charge is -2.22. The van der Waals surface area contributed by atoms with E-state index in [0.717, 1.165) is 11.3 Å². The second-order valence-electron chi connectivity index (χ2n) is 7.88. The van der Waals surface area contributed by atoms with Crippen molar-refractivity contribution in [3.63, 3.8) is 0 Å². The Morgan fingerprint density at radius 3 is 2.85 bits per heavy atom. The normalized spacial score (nSPS) is 11.4. The SMILES string of the molecule is CCCN(Cc1nc2cc(Cl)ccc2c(=O)[nH]1)C(=O)c1cc(-c2cccs2)nc2onc(C)c12. The lowest BCUT2D eigenvalue weighted by atomic mass is 10.1. The number of rotatable bonds is 6. The Hall–Kier alpha value is -3.56. The number of carbonyl (C=O) groups excluding carboxylic acids is 1. The van der Waals surface area contributed by atoms with Crippen LogP contribution in [0.15, 0.2) is 51.1 Å². The summed E-state index contributed by atoms with van der Waals surface area (Å²) in [6.45, 7) is 4.37. The molecule has 5 rings (SSSR count). The van der Waals surface area contributed by atoms with Crippen LogP contribution in [0.4, 0.5) is 0 Å². The van der Waals surface area contributed by atoms with Gasteiger partial charge in [0.05, 0.1) is 44.7 Å². The molecule has 0 unspecified atom stereocenters. The van der Waals surface area contributed by atoms with E-state index in [2.05, 4.69) is 20.1 Å². The van der Waals surface area contributed by atoms with Gasteiger partial charge in [-0.25, -0.2) is 9.97 Å². The number of nitrogens with one attached hydrogen (secondary N) is 1. The van der Waals surface area contributed by atoms with Crippen LogP contribution in [0, 0.1) is 6.92 Å². The number of H-pyrrole nitrogens is 1. The number of fused-ring (bicyclic) bond motifs is 2. The number of aromatic nitrogens is 4. The van der Waals surface area contributed by atoms with Gasteiger partial charge < -0.3 is 14.4 Å². The Balaban J connectivity index is 1.58. The summed E-state index contributed by atoms with van der Waals surface area (Å²) in [5.74, 6) is 0.166. The molecule has 5 aromatic rings. The van der Waals surface area contributed by atoms with Crippen LogP contribution in [0.2, 0.25) is 5.02 Å². The molecule has 0 spiro atoms. The first-order chi connectivity index (χ1) is 16.4. The Bertz CT molecular complexity index is 1580. The number of pyridine rings is 1. The molecule has 0 saturated heterocycles. The van der Waals surface area contributed by atoms with Crippen molar-refractivity contribution in [2.45, 2.75) is 26.8 Å². The zero-order valence-corrected chi connectivity index (χ0v) is 20.0. The molecule has 0 fully saturated rings. The predicted molar refractivity (Wildman–Crippen MR) is 132 cm³/mol. The van der Waals surface area contributed by atoms with E-state index in [1.807, 2.05) is 24.4 Å². The van der Waals surface area contributed by atoms with Crippen molar-refractivity contribution in [1.82, 2.24) is 25.0 Å². The van der Waals surface area contributed by atoms with Gasteiger partial charge >= 0.3 is 0 Å². The zero-order chi connectivity index (χ0) is 23.8. The van der Waals surface area contributed by atoms with E-state index in [0.29, 0.717) is 56.3 Å². The van der Waals surface area contributed by atoms with Crippen LogP contribution < -0.4 is 5.56 Å². The average molecular weight is 494 g/mol. The highest BCUT2D eigenvalue weighted by Crippen LogP contribution is 2.30. The largest absolute Gasteiger partial charge is 0.335 e. The van der Waals surface area contributed by atoms with Gasteiger partial charge in [0.2, 0.25) is 0 Å². The summed E-state index contributed by atoms with van der Waals surface area (Å²) in [7, 11) is 0. The topological polar surface area (TPSA) is 105 Å². The first-order valence-electron chi connectivity index (χ1n) is 10.7. The fourth-order valence-electron chi connectivity index (χ4n) is 3.92. The van der Waals surface area contributed by atoms with E-state index in [4.69, 9.17) is 16.1 Å². The first-order valence-corrected chi connectivity index (χ1v) is 12.0. The van der Waals surface area contributed by atoms with Crippen LogP contribution in [-0.2, 0) is 6.54 Å². The molecule has 0 aliphatic carbocycles. The average Bonchev–Trinajstić information content (AvgIpc) is 3.48. The lowest BCUT2D eigenvalue weighted by Crippen LogP contribution is -2.33. The van der Waals surface area contributed by atoms with Crippen molar-refractivity contribution in [2.24, 2.45) is 0 Å². The smallest absolute Gasteiger partial charge is 0.259 e. The minimum Gasteiger partial charge on any atom is -0.335 e. The van der Waals surface area contributed by atoms with Gasteiger partial charge in [-0.3, -0.25) is 9.59 Å². The summed E-state index contributed by atoms with van der Waals surface area (Å²) in [5.41, 5.74) is 2.21. The molecule has 0 aliphatic rings. The molecule has 0 bridgehead atoms. The summed E-state index contributed by atoms with van der Waals surface area (Å²) in [5, 5.41) is 7.49. The second kappa shape index (κ2) is 9.00. The van der Waals surface area contributed by atoms with E-state index in [-0.39, 0.29) is 18.0 Å². The number of hydrogen-bond donors (Lipinski definition) is 1. The molecule has 4 heterocycles. The van der Waals surface area contributed by atoms with Crippen LogP contribution in [-0.4, -0.2) is 37.5 Å². The summed E-state index contributed by atoms with van der Waals surface area (Å²) < 4.78 is 5.41. The molecular formula is C24H20ClN5O3S. The van der Waals surface area contributed by atoms with Gasteiger partial charge in [-0.2, -0.15) is 0 Å². The molecule has 4 aromatic heterocycles. The van der Waals surface area contributed by atoms with Crippen LogP contribution in [0.5, 0.6) is 0 Å². The zero-order valence-electron chi connectivity index (χ0n) is 18.5. The minimum atomic E-state index is -0.276. The maximum atomic E-state index is 13.8. The Labute approximate surface area is 203 Å². The molecule has 8 nitrogen and oxygen atoms in total. The van der Waals surface area contributed by atoms with E-state index < -0.39 is 0 Å². The highest BCUT2D eigenvalue weighted by molar-refractivity contribution is 7.13. The predicted octanol–water partition coefficient (Wildman–Crippen LogP) is 5.20.